The van der Waals surface area contributed by atoms with Gasteiger partial charge in [0.1, 0.15) is 0 Å². The summed E-state index contributed by atoms with van der Waals surface area (Å²) in [6, 6.07) is 21.1. The zero-order chi connectivity index (χ0) is 19.5. The van der Waals surface area contributed by atoms with Crippen LogP contribution in [0.15, 0.2) is 84.8 Å². The van der Waals surface area contributed by atoms with Gasteiger partial charge in [-0.1, -0.05) is 103 Å². The molecule has 1 heterocycles. The first-order valence-electron chi connectivity index (χ1n) is 9.52. The van der Waals surface area contributed by atoms with E-state index in [2.05, 4.69) is 78.9 Å². The lowest BCUT2D eigenvalue weighted by molar-refractivity contribution is 0.671. The van der Waals surface area contributed by atoms with Gasteiger partial charge in [0.2, 0.25) is 6.71 Å². The number of benzene rings is 2. The van der Waals surface area contributed by atoms with Crippen molar-refractivity contribution in [1.29, 1.82) is 0 Å². The number of hydrogen-bond acceptors (Lipinski definition) is 1. The Labute approximate surface area is 169 Å². The molecule has 0 spiro atoms. The normalized spacial score (nSPS) is 10.7. The van der Waals surface area contributed by atoms with E-state index < -0.39 is 0 Å². The molecule has 0 bridgehead atoms. The number of rotatable bonds is 6. The van der Waals surface area contributed by atoms with Gasteiger partial charge in [0.25, 0.3) is 0 Å². The largest absolute Gasteiger partial charge is 0.335 e. The van der Waals surface area contributed by atoms with Crippen LogP contribution in [0.3, 0.4) is 0 Å². The number of aromatic nitrogens is 2. The molecular formula is C23H28BClN2. The summed E-state index contributed by atoms with van der Waals surface area (Å²) in [5, 5.41) is 0. The third-order valence-corrected chi connectivity index (χ3v) is 4.72. The second kappa shape index (κ2) is 11.5. The van der Waals surface area contributed by atoms with E-state index >= 15 is 0 Å². The molecule has 2 aromatic carbocycles. The first kappa shape index (κ1) is 21.0. The molecule has 27 heavy (non-hydrogen) atoms. The molecule has 140 valence electrons. The minimum Gasteiger partial charge on any atom is -0.335 e. The molecule has 2 nitrogen and oxygen atoms in total. The van der Waals surface area contributed by atoms with Gasteiger partial charge in [-0.15, -0.1) is 0 Å². The van der Waals surface area contributed by atoms with Crippen molar-refractivity contribution in [3.05, 3.63) is 90.5 Å². The molecule has 0 atom stereocenters. The molecule has 0 aliphatic rings. The third-order valence-electron chi connectivity index (χ3n) is 4.54. The Morgan fingerprint density at radius 1 is 1.00 bits per heavy atom. The summed E-state index contributed by atoms with van der Waals surface area (Å²) in [6.45, 7) is 7.90. The van der Waals surface area contributed by atoms with Crippen LogP contribution in [0, 0.1) is 0 Å². The Hall–Kier alpha value is -2.26. The lowest BCUT2D eigenvalue weighted by Gasteiger charge is -2.12. The first-order valence-corrected chi connectivity index (χ1v) is 9.96. The van der Waals surface area contributed by atoms with E-state index in [1.807, 2.05) is 30.7 Å². The molecule has 3 rings (SSSR count). The number of hydrogen-bond donors (Lipinski definition) is 0. The summed E-state index contributed by atoms with van der Waals surface area (Å²) in [4.78, 5) is 4.08. The van der Waals surface area contributed by atoms with E-state index in [1.54, 1.807) is 5.54 Å². The van der Waals surface area contributed by atoms with Gasteiger partial charge in [0.05, 0.1) is 6.33 Å². The maximum Gasteiger partial charge on any atom is 0.213 e. The third kappa shape index (κ3) is 6.44. The highest BCUT2D eigenvalue weighted by Crippen LogP contribution is 2.12. The fraction of sp³-hybridized carbons (Fsp3) is 0.261. The summed E-state index contributed by atoms with van der Waals surface area (Å²) in [6.07, 6.45) is 6.76. The van der Waals surface area contributed by atoms with Crippen molar-refractivity contribution < 1.29 is 0 Å². The first-order chi connectivity index (χ1) is 13.2. The minimum atomic E-state index is 0.382. The Kier molecular flexibility index (Phi) is 8.93. The summed E-state index contributed by atoms with van der Waals surface area (Å²) < 4.78 is 2.17. The van der Waals surface area contributed by atoms with E-state index in [0.717, 1.165) is 12.9 Å². The second-order valence-corrected chi connectivity index (χ2v) is 6.98. The topological polar surface area (TPSA) is 17.8 Å². The molecule has 3 aromatic rings. The van der Waals surface area contributed by atoms with Gasteiger partial charge in [0.15, 0.2) is 0 Å². The number of halogens is 1. The van der Waals surface area contributed by atoms with Crippen molar-refractivity contribution in [1.82, 2.24) is 9.55 Å². The molecule has 4 heteroatoms. The number of imidazole rings is 1. The van der Waals surface area contributed by atoms with E-state index in [9.17, 15) is 0 Å². The monoisotopic (exact) mass is 378 g/mol. The number of nitrogens with zero attached hydrogens (tertiary/aromatic N) is 2. The van der Waals surface area contributed by atoms with Gasteiger partial charge >= 0.3 is 0 Å². The van der Waals surface area contributed by atoms with Gasteiger partial charge in [-0.3, -0.25) is 0 Å². The maximum atomic E-state index is 5.64. The van der Waals surface area contributed by atoms with Gasteiger partial charge in [-0.2, -0.15) is 0 Å². The van der Waals surface area contributed by atoms with Crippen LogP contribution in [0.1, 0.15) is 32.4 Å². The number of allylic oxidation sites excluding steroid dienone is 1. The quantitative estimate of drug-likeness (QED) is 0.547. The average molecular weight is 379 g/mol. The molecule has 0 saturated carbocycles. The van der Waals surface area contributed by atoms with Crippen molar-refractivity contribution in [2.24, 2.45) is 0 Å². The fourth-order valence-electron chi connectivity index (χ4n) is 3.10. The summed E-state index contributed by atoms with van der Waals surface area (Å²) >= 11 is 5.64. The fourth-order valence-corrected chi connectivity index (χ4v) is 3.20. The highest BCUT2D eigenvalue weighted by molar-refractivity contribution is 6.85. The Morgan fingerprint density at radius 3 is 1.96 bits per heavy atom. The molecule has 0 amide bonds. The summed E-state index contributed by atoms with van der Waals surface area (Å²) in [7, 11) is 0. The van der Waals surface area contributed by atoms with Crippen molar-refractivity contribution >= 4 is 29.2 Å². The summed E-state index contributed by atoms with van der Waals surface area (Å²) in [5.74, 6) is 0.586. The minimum absolute atomic E-state index is 0.382. The predicted molar refractivity (Wildman–Crippen MR) is 120 cm³/mol. The van der Waals surface area contributed by atoms with Crippen LogP contribution < -0.4 is 10.9 Å². The van der Waals surface area contributed by atoms with Crippen LogP contribution in [0.2, 0.25) is 6.32 Å². The van der Waals surface area contributed by atoms with Crippen LogP contribution in [-0.4, -0.2) is 16.3 Å². The lowest BCUT2D eigenvalue weighted by atomic mass is 9.39. The van der Waals surface area contributed by atoms with Crippen molar-refractivity contribution in [3.63, 3.8) is 0 Å². The predicted octanol–water partition coefficient (Wildman–Crippen LogP) is 5.07. The maximum absolute atomic E-state index is 5.64. The van der Waals surface area contributed by atoms with Crippen LogP contribution >= 0.6 is 11.6 Å². The SMILES string of the molecule is CCn1cncc1C(C)C.ClC=CCB(c1ccccc1)c1ccccc1. The molecule has 0 fully saturated rings. The van der Waals surface area contributed by atoms with Crippen molar-refractivity contribution in [2.75, 3.05) is 0 Å². The van der Waals surface area contributed by atoms with Gasteiger partial charge < -0.3 is 4.57 Å². The highest BCUT2D eigenvalue weighted by atomic mass is 35.5. The molecule has 1 aromatic heterocycles. The zero-order valence-corrected chi connectivity index (χ0v) is 17.2. The Morgan fingerprint density at radius 2 is 1.56 bits per heavy atom. The summed E-state index contributed by atoms with van der Waals surface area (Å²) in [5.41, 5.74) is 5.57. The van der Waals surface area contributed by atoms with E-state index in [-0.39, 0.29) is 0 Å². The molecule has 0 N–H and O–H groups in total. The Bertz CT molecular complexity index is 758. The average Bonchev–Trinajstić information content (AvgIpc) is 3.20. The van der Waals surface area contributed by atoms with Crippen LogP contribution in [0.5, 0.6) is 0 Å². The van der Waals surface area contributed by atoms with Crippen LogP contribution in [0.25, 0.3) is 0 Å². The zero-order valence-electron chi connectivity index (χ0n) is 16.4. The standard InChI is InChI=1S/C15H14BCl.C8H14N2/c17-13-7-12-16(14-8-3-1-4-9-14)15-10-5-2-6-11-15;1-4-10-6-9-5-8(10)7(2)3/h1-11,13H,12H2;5-7H,4H2,1-3H3. The van der Waals surface area contributed by atoms with Crippen LogP contribution in [-0.2, 0) is 6.54 Å². The van der Waals surface area contributed by atoms with Crippen molar-refractivity contribution in [2.45, 2.75) is 39.6 Å². The van der Waals surface area contributed by atoms with Gasteiger partial charge in [-0.05, 0) is 24.7 Å². The lowest BCUT2D eigenvalue weighted by Crippen LogP contribution is -2.41. The van der Waals surface area contributed by atoms with Gasteiger partial charge in [-0.25, -0.2) is 4.98 Å². The van der Waals surface area contributed by atoms with E-state index in [0.29, 0.717) is 12.6 Å². The van der Waals surface area contributed by atoms with Crippen molar-refractivity contribution in [3.8, 4) is 0 Å². The molecule has 0 saturated heterocycles. The molecule has 0 aliphatic heterocycles. The molecule has 0 unspecified atom stereocenters. The molecule has 0 radical (unpaired) electrons. The smallest absolute Gasteiger partial charge is 0.213 e. The molecule has 0 aliphatic carbocycles. The van der Waals surface area contributed by atoms with E-state index in [4.69, 9.17) is 11.6 Å². The highest BCUT2D eigenvalue weighted by Gasteiger charge is 2.16. The van der Waals surface area contributed by atoms with Crippen LogP contribution in [0.4, 0.5) is 0 Å². The number of aryl methyl sites for hydroxylation is 1. The second-order valence-electron chi connectivity index (χ2n) is 6.73. The van der Waals surface area contributed by atoms with Gasteiger partial charge in [0, 0.05) is 18.4 Å². The molecular weight excluding hydrogens is 351 g/mol. The Balaban J connectivity index is 0.000000223. The van der Waals surface area contributed by atoms with E-state index in [1.165, 1.54) is 16.6 Å².